The fraction of sp³-hybridized carbons (Fsp3) is 0.565. The number of amides is 1. The van der Waals surface area contributed by atoms with Crippen molar-refractivity contribution < 1.29 is 31.5 Å². The van der Waals surface area contributed by atoms with Crippen LogP contribution in [-0.4, -0.2) is 36.3 Å². The first-order chi connectivity index (χ1) is 15.6. The first-order valence-electron chi connectivity index (χ1n) is 11.2. The quantitative estimate of drug-likeness (QED) is 0.592. The van der Waals surface area contributed by atoms with Gasteiger partial charge in [-0.2, -0.15) is 18.2 Å². The van der Waals surface area contributed by atoms with Crippen molar-refractivity contribution in [3.63, 3.8) is 0 Å². The molecule has 1 saturated heterocycles. The lowest BCUT2D eigenvalue weighted by atomic mass is 10.2. The van der Waals surface area contributed by atoms with Crippen LogP contribution in [0.25, 0.3) is 0 Å². The van der Waals surface area contributed by atoms with Crippen molar-refractivity contribution in [2.45, 2.75) is 51.3 Å². The summed E-state index contributed by atoms with van der Waals surface area (Å²) in [5, 5.41) is 2.43. The van der Waals surface area contributed by atoms with Gasteiger partial charge >= 0.3 is 6.18 Å². The number of anilines is 2. The molecule has 2 heterocycles. The summed E-state index contributed by atoms with van der Waals surface area (Å²) in [7, 11) is 0. The maximum atomic E-state index is 14.5. The largest absolute Gasteiger partial charge is 0.487 e. The highest BCUT2D eigenvalue weighted by atomic mass is 19.4. The summed E-state index contributed by atoms with van der Waals surface area (Å²) in [6, 6.07) is 3.97. The van der Waals surface area contributed by atoms with Crippen LogP contribution in [0.1, 0.15) is 48.9 Å². The molecule has 6 nitrogen and oxygen atoms in total. The standard InChI is InChI=1S/C23H25F4N3O3/c1-12-4-5-30(11-12)22-29-20(19(33-22)10-23(25,26)27)21(31)28-15-2-3-18(17(24)9-15)32-16-7-13-6-14(13)8-16/h2-3,9,12-14,16H,4-8,10-11H2,1H3,(H,28,31). The summed E-state index contributed by atoms with van der Waals surface area (Å²) in [4.78, 5) is 18.5. The molecule has 0 bridgehead atoms. The van der Waals surface area contributed by atoms with E-state index in [0.29, 0.717) is 30.8 Å². The smallest absolute Gasteiger partial charge is 0.396 e. The summed E-state index contributed by atoms with van der Waals surface area (Å²) in [6.45, 7) is 3.19. The molecule has 1 aromatic heterocycles. The highest BCUT2D eigenvalue weighted by molar-refractivity contribution is 6.03. The van der Waals surface area contributed by atoms with Crippen molar-refractivity contribution in [3.05, 3.63) is 35.5 Å². The number of hydrogen-bond donors (Lipinski definition) is 1. The Hall–Kier alpha value is -2.78. The van der Waals surface area contributed by atoms with Crippen LogP contribution in [0.15, 0.2) is 22.6 Å². The Morgan fingerprint density at radius 3 is 2.67 bits per heavy atom. The molecule has 33 heavy (non-hydrogen) atoms. The Balaban J connectivity index is 1.30. The zero-order valence-corrected chi connectivity index (χ0v) is 18.1. The predicted molar refractivity (Wildman–Crippen MR) is 112 cm³/mol. The molecule has 0 radical (unpaired) electrons. The van der Waals surface area contributed by atoms with Crippen LogP contribution < -0.4 is 15.0 Å². The molecular weight excluding hydrogens is 442 g/mol. The van der Waals surface area contributed by atoms with E-state index in [0.717, 1.165) is 25.3 Å². The first kappa shape index (κ1) is 22.0. The molecule has 3 fully saturated rings. The van der Waals surface area contributed by atoms with Gasteiger partial charge in [0.1, 0.15) is 12.2 Å². The number of alkyl halides is 3. The van der Waals surface area contributed by atoms with Gasteiger partial charge in [0.05, 0.1) is 6.10 Å². The molecule has 2 saturated carbocycles. The van der Waals surface area contributed by atoms with Gasteiger partial charge in [-0.05, 0) is 55.6 Å². The number of ether oxygens (including phenoxy) is 1. The molecule has 3 atom stereocenters. The second-order valence-electron chi connectivity index (χ2n) is 9.47. The molecule has 3 aliphatic rings. The lowest BCUT2D eigenvalue weighted by molar-refractivity contribution is -0.130. The van der Waals surface area contributed by atoms with Crippen LogP contribution in [0.4, 0.5) is 29.3 Å². The van der Waals surface area contributed by atoms with Crippen LogP contribution in [0.5, 0.6) is 5.75 Å². The number of hydrogen-bond acceptors (Lipinski definition) is 5. The summed E-state index contributed by atoms with van der Waals surface area (Å²) in [5.74, 6) is -0.258. The summed E-state index contributed by atoms with van der Waals surface area (Å²) < 4.78 is 64.8. The number of halogens is 4. The number of fused-ring (bicyclic) bond motifs is 1. The molecule has 1 aliphatic heterocycles. The van der Waals surface area contributed by atoms with E-state index in [4.69, 9.17) is 9.15 Å². The van der Waals surface area contributed by atoms with Crippen LogP contribution in [0.3, 0.4) is 0 Å². The van der Waals surface area contributed by atoms with Crippen LogP contribution in [0.2, 0.25) is 0 Å². The van der Waals surface area contributed by atoms with E-state index in [1.54, 1.807) is 4.90 Å². The van der Waals surface area contributed by atoms with E-state index < -0.39 is 35.8 Å². The Morgan fingerprint density at radius 2 is 2.03 bits per heavy atom. The van der Waals surface area contributed by atoms with Crippen LogP contribution in [0, 0.1) is 23.6 Å². The van der Waals surface area contributed by atoms with E-state index >= 15 is 0 Å². The minimum Gasteiger partial charge on any atom is -0.487 e. The average molecular weight is 467 g/mol. The molecule has 2 aromatic rings. The van der Waals surface area contributed by atoms with Crippen molar-refractivity contribution >= 4 is 17.6 Å². The number of oxazole rings is 1. The van der Waals surface area contributed by atoms with Gasteiger partial charge in [0, 0.05) is 24.8 Å². The summed E-state index contributed by atoms with van der Waals surface area (Å²) >= 11 is 0. The monoisotopic (exact) mass is 467 g/mol. The zero-order valence-electron chi connectivity index (χ0n) is 18.1. The maximum absolute atomic E-state index is 14.5. The molecule has 10 heteroatoms. The van der Waals surface area contributed by atoms with Gasteiger partial charge < -0.3 is 19.4 Å². The Bertz CT molecular complexity index is 1040. The SMILES string of the molecule is CC1CCN(c2nc(C(=O)Nc3ccc(OC4CC5CC5C4)c(F)c3)c(CC(F)(F)F)o2)C1. The normalized spacial score (nSPS) is 26.4. The lowest BCUT2D eigenvalue weighted by Gasteiger charge is -2.16. The second-order valence-corrected chi connectivity index (χ2v) is 9.47. The molecule has 2 aliphatic carbocycles. The van der Waals surface area contributed by atoms with Crippen molar-refractivity contribution in [1.29, 1.82) is 0 Å². The number of aromatic nitrogens is 1. The number of nitrogens with zero attached hydrogens (tertiary/aromatic N) is 2. The van der Waals surface area contributed by atoms with E-state index in [9.17, 15) is 22.4 Å². The third-order valence-electron chi connectivity index (χ3n) is 6.64. The number of benzene rings is 1. The molecule has 3 unspecified atom stereocenters. The maximum Gasteiger partial charge on any atom is 0.396 e. The third kappa shape index (κ3) is 4.94. The predicted octanol–water partition coefficient (Wildman–Crippen LogP) is 5.19. The minimum atomic E-state index is -4.57. The lowest BCUT2D eigenvalue weighted by Crippen LogP contribution is -2.20. The summed E-state index contributed by atoms with van der Waals surface area (Å²) in [5.41, 5.74) is -0.357. The summed E-state index contributed by atoms with van der Waals surface area (Å²) in [6.07, 6.45) is -2.06. The molecule has 178 valence electrons. The van der Waals surface area contributed by atoms with Crippen LogP contribution >= 0.6 is 0 Å². The van der Waals surface area contributed by atoms with E-state index in [-0.39, 0.29) is 23.6 Å². The van der Waals surface area contributed by atoms with Crippen molar-refractivity contribution in [2.75, 3.05) is 23.3 Å². The Kier molecular flexibility index (Phi) is 5.49. The zero-order chi connectivity index (χ0) is 23.3. The van der Waals surface area contributed by atoms with Gasteiger partial charge in [-0.1, -0.05) is 6.92 Å². The highest BCUT2D eigenvalue weighted by Gasteiger charge is 2.47. The molecule has 1 aromatic carbocycles. The molecular formula is C23H25F4N3O3. The number of nitrogens with one attached hydrogen (secondary N) is 1. The topological polar surface area (TPSA) is 67.6 Å². The van der Waals surface area contributed by atoms with Gasteiger partial charge in [-0.3, -0.25) is 4.79 Å². The third-order valence-corrected chi connectivity index (χ3v) is 6.64. The average Bonchev–Trinajstić information content (AvgIpc) is 3.09. The number of carbonyl (C=O) groups excluding carboxylic acids is 1. The Morgan fingerprint density at radius 1 is 1.27 bits per heavy atom. The van der Waals surface area contributed by atoms with E-state index in [2.05, 4.69) is 10.3 Å². The van der Waals surface area contributed by atoms with Crippen LogP contribution in [-0.2, 0) is 6.42 Å². The van der Waals surface area contributed by atoms with Crippen molar-refractivity contribution in [1.82, 2.24) is 4.98 Å². The number of carbonyl (C=O) groups is 1. The van der Waals surface area contributed by atoms with E-state index in [1.807, 2.05) is 6.92 Å². The fourth-order valence-electron chi connectivity index (χ4n) is 4.86. The van der Waals surface area contributed by atoms with Gasteiger partial charge in [-0.25, -0.2) is 4.39 Å². The van der Waals surface area contributed by atoms with Gasteiger partial charge in [0.25, 0.3) is 11.9 Å². The van der Waals surface area contributed by atoms with Crippen molar-refractivity contribution in [2.24, 2.45) is 17.8 Å². The van der Waals surface area contributed by atoms with Gasteiger partial charge in [0.15, 0.2) is 17.3 Å². The van der Waals surface area contributed by atoms with E-state index in [1.165, 1.54) is 18.6 Å². The molecule has 1 amide bonds. The van der Waals surface area contributed by atoms with Gasteiger partial charge in [0.2, 0.25) is 0 Å². The van der Waals surface area contributed by atoms with Crippen molar-refractivity contribution in [3.8, 4) is 5.75 Å². The fourth-order valence-corrected chi connectivity index (χ4v) is 4.86. The minimum absolute atomic E-state index is 0.00419. The first-order valence-corrected chi connectivity index (χ1v) is 11.2. The molecule has 5 rings (SSSR count). The molecule has 0 spiro atoms. The second kappa shape index (κ2) is 8.22. The molecule has 1 N–H and O–H groups in total. The van der Waals surface area contributed by atoms with Gasteiger partial charge in [-0.15, -0.1) is 0 Å². The number of rotatable bonds is 6. The Labute approximate surface area is 188 Å². The highest BCUT2D eigenvalue weighted by Crippen LogP contribution is 2.52.